The fourth-order valence-electron chi connectivity index (χ4n) is 2.29. The maximum absolute atomic E-state index is 13.2. The average Bonchev–Trinajstić information content (AvgIpc) is 2.89. The lowest BCUT2D eigenvalue weighted by atomic mass is 10.2. The first-order valence-corrected chi connectivity index (χ1v) is 7.29. The minimum absolute atomic E-state index is 0.0352. The monoisotopic (exact) mass is 356 g/mol. The molecule has 0 saturated heterocycles. The predicted molar refractivity (Wildman–Crippen MR) is 77.4 cm³/mol. The highest BCUT2D eigenvalue weighted by molar-refractivity contribution is 5.46. The van der Waals surface area contributed by atoms with Crippen molar-refractivity contribution in [3.05, 3.63) is 47.3 Å². The van der Waals surface area contributed by atoms with Gasteiger partial charge in [-0.2, -0.15) is 13.2 Å². The van der Waals surface area contributed by atoms with Crippen molar-refractivity contribution >= 4 is 0 Å². The van der Waals surface area contributed by atoms with Crippen LogP contribution in [0.2, 0.25) is 0 Å². The zero-order valence-electron chi connectivity index (χ0n) is 12.9. The Morgan fingerprint density at radius 2 is 2.08 bits per heavy atom. The Labute approximate surface area is 139 Å². The van der Waals surface area contributed by atoms with Crippen molar-refractivity contribution in [3.63, 3.8) is 0 Å². The van der Waals surface area contributed by atoms with Gasteiger partial charge in [0.25, 0.3) is 6.33 Å². The molecule has 0 aliphatic carbocycles. The zero-order valence-corrected chi connectivity index (χ0v) is 12.9. The van der Waals surface area contributed by atoms with Gasteiger partial charge in [0.1, 0.15) is 17.1 Å². The first kappa shape index (κ1) is 16.9. The standard InChI is InChI=1S/C15H12F4N4O2/c1-2-5-22-7-11-13(20-8-23(11)24)21-14(22)25-12-4-3-9(16)6-10(12)15(17,18)19/h3-4,6-8H,2,5H2,1H3. The fourth-order valence-corrected chi connectivity index (χ4v) is 2.29. The van der Waals surface area contributed by atoms with E-state index in [0.717, 1.165) is 18.5 Å². The van der Waals surface area contributed by atoms with Crippen LogP contribution in [0.1, 0.15) is 18.9 Å². The molecule has 2 aliphatic heterocycles. The van der Waals surface area contributed by atoms with Crippen molar-refractivity contribution in [3.8, 4) is 23.3 Å². The van der Waals surface area contributed by atoms with E-state index in [-0.39, 0.29) is 17.5 Å². The van der Waals surface area contributed by atoms with E-state index in [1.807, 2.05) is 6.92 Å². The molecule has 0 aromatic heterocycles. The Bertz CT molecular complexity index is 879. The number of benzene rings is 1. The number of hydrogen-bond donors (Lipinski definition) is 0. The zero-order chi connectivity index (χ0) is 18.2. The smallest absolute Gasteiger partial charge is 0.420 e. The number of ether oxygens (including phenoxy) is 1. The Hall–Kier alpha value is -2.91. The van der Waals surface area contributed by atoms with Gasteiger partial charge in [0.15, 0.2) is 0 Å². The molecule has 25 heavy (non-hydrogen) atoms. The van der Waals surface area contributed by atoms with E-state index in [0.29, 0.717) is 23.8 Å². The minimum Gasteiger partial charge on any atom is -0.710 e. The van der Waals surface area contributed by atoms with Gasteiger partial charge in [0.2, 0.25) is 5.69 Å². The SMILES string of the molecule is CCCn1cc2[n+]([O-])cnc-2nc1Oc1ccc(F)cc1C(F)(F)F. The van der Waals surface area contributed by atoms with E-state index < -0.39 is 23.3 Å². The summed E-state index contributed by atoms with van der Waals surface area (Å²) < 4.78 is 59.7. The van der Waals surface area contributed by atoms with E-state index in [1.165, 1.54) is 10.8 Å². The van der Waals surface area contributed by atoms with Gasteiger partial charge < -0.3 is 9.94 Å². The highest BCUT2D eigenvalue weighted by Crippen LogP contribution is 2.38. The number of aromatic nitrogens is 4. The second kappa shape index (κ2) is 6.19. The summed E-state index contributed by atoms with van der Waals surface area (Å²) in [5, 5.41) is 11.6. The normalized spacial score (nSPS) is 11.9. The molecule has 1 aromatic carbocycles. The van der Waals surface area contributed by atoms with Gasteiger partial charge in [-0.3, -0.25) is 4.57 Å². The van der Waals surface area contributed by atoms with Crippen LogP contribution in [-0.2, 0) is 12.7 Å². The number of halogens is 4. The molecule has 0 amide bonds. The molecule has 10 heteroatoms. The molecule has 0 atom stereocenters. The van der Waals surface area contributed by atoms with Crippen molar-refractivity contribution in [1.82, 2.24) is 14.5 Å². The van der Waals surface area contributed by atoms with Gasteiger partial charge in [-0.05, 0) is 29.6 Å². The van der Waals surface area contributed by atoms with Gasteiger partial charge in [0.05, 0.1) is 6.20 Å². The molecule has 1 aromatic rings. The van der Waals surface area contributed by atoms with Crippen molar-refractivity contribution in [2.24, 2.45) is 0 Å². The van der Waals surface area contributed by atoms with Gasteiger partial charge in [-0.25, -0.2) is 9.12 Å². The molecule has 0 N–H and O–H groups in total. The van der Waals surface area contributed by atoms with E-state index >= 15 is 0 Å². The van der Waals surface area contributed by atoms with Crippen molar-refractivity contribution in [1.29, 1.82) is 0 Å². The molecule has 6 nitrogen and oxygen atoms in total. The molecule has 3 rings (SSSR count). The number of hydrogen-bond acceptors (Lipinski definition) is 4. The van der Waals surface area contributed by atoms with Crippen LogP contribution in [0.15, 0.2) is 30.7 Å². The maximum Gasteiger partial charge on any atom is 0.420 e. The minimum atomic E-state index is -4.80. The summed E-state index contributed by atoms with van der Waals surface area (Å²) in [5.74, 6) is -1.59. The fraction of sp³-hybridized carbons (Fsp3) is 0.267. The summed E-state index contributed by atoms with van der Waals surface area (Å²) in [5.41, 5.74) is -1.09. The van der Waals surface area contributed by atoms with Crippen LogP contribution in [0.5, 0.6) is 11.8 Å². The van der Waals surface area contributed by atoms with Gasteiger partial charge in [-0.1, -0.05) is 6.92 Å². The third-order valence-electron chi connectivity index (χ3n) is 3.39. The lowest BCUT2D eigenvalue weighted by molar-refractivity contribution is -0.592. The number of fused-ring (bicyclic) bond motifs is 1. The summed E-state index contributed by atoms with van der Waals surface area (Å²) in [4.78, 5) is 7.77. The van der Waals surface area contributed by atoms with Gasteiger partial charge in [-0.15, -0.1) is 4.98 Å². The van der Waals surface area contributed by atoms with Crippen molar-refractivity contribution < 1.29 is 27.0 Å². The van der Waals surface area contributed by atoms with Crippen LogP contribution in [0.3, 0.4) is 0 Å². The topological polar surface area (TPSA) is 66.9 Å². The molecular weight excluding hydrogens is 344 g/mol. The molecule has 2 aliphatic rings. The first-order valence-electron chi connectivity index (χ1n) is 7.29. The average molecular weight is 356 g/mol. The second-order valence-electron chi connectivity index (χ2n) is 5.24. The van der Waals surface area contributed by atoms with Crippen LogP contribution in [0.25, 0.3) is 11.5 Å². The number of imidazole rings is 1. The molecular formula is C15H12F4N4O2. The quantitative estimate of drug-likeness (QED) is 0.408. The van der Waals surface area contributed by atoms with E-state index in [4.69, 9.17) is 4.74 Å². The maximum atomic E-state index is 13.2. The van der Waals surface area contributed by atoms with Gasteiger partial charge in [0, 0.05) is 6.54 Å². The molecule has 0 unspecified atom stereocenters. The second-order valence-corrected chi connectivity index (χ2v) is 5.24. The Morgan fingerprint density at radius 3 is 2.76 bits per heavy atom. The summed E-state index contributed by atoms with van der Waals surface area (Å²) in [7, 11) is 0. The van der Waals surface area contributed by atoms with E-state index in [9.17, 15) is 22.8 Å². The van der Waals surface area contributed by atoms with Crippen LogP contribution in [-0.4, -0.2) is 14.5 Å². The Balaban J connectivity index is 2.09. The van der Waals surface area contributed by atoms with Crippen LogP contribution in [0, 0.1) is 11.0 Å². The Kier molecular flexibility index (Phi) is 4.19. The lowest BCUT2D eigenvalue weighted by Crippen LogP contribution is -2.25. The van der Waals surface area contributed by atoms with Crippen LogP contribution < -0.4 is 9.47 Å². The van der Waals surface area contributed by atoms with Crippen molar-refractivity contribution in [2.75, 3.05) is 0 Å². The molecule has 0 radical (unpaired) electrons. The van der Waals surface area contributed by atoms with E-state index in [2.05, 4.69) is 9.97 Å². The molecule has 0 spiro atoms. The first-order chi connectivity index (χ1) is 11.8. The summed E-state index contributed by atoms with van der Waals surface area (Å²) in [6.45, 7) is 2.19. The largest absolute Gasteiger partial charge is 0.710 e. The molecule has 0 saturated carbocycles. The van der Waals surface area contributed by atoms with Crippen LogP contribution >= 0.6 is 0 Å². The summed E-state index contributed by atoms with van der Waals surface area (Å²) >= 11 is 0. The third kappa shape index (κ3) is 3.32. The van der Waals surface area contributed by atoms with Crippen molar-refractivity contribution in [2.45, 2.75) is 26.1 Å². The van der Waals surface area contributed by atoms with E-state index in [1.54, 1.807) is 0 Å². The molecule has 0 bridgehead atoms. The van der Waals surface area contributed by atoms with Crippen LogP contribution in [0.4, 0.5) is 17.6 Å². The molecule has 2 heterocycles. The third-order valence-corrected chi connectivity index (χ3v) is 3.39. The lowest BCUT2D eigenvalue weighted by Gasteiger charge is -2.16. The molecule has 132 valence electrons. The number of aryl methyl sites for hydroxylation is 1. The summed E-state index contributed by atoms with van der Waals surface area (Å²) in [6.07, 6.45) is -1.78. The molecule has 0 fully saturated rings. The summed E-state index contributed by atoms with van der Waals surface area (Å²) in [6, 6.07) is 1.92. The van der Waals surface area contributed by atoms with Gasteiger partial charge >= 0.3 is 18.0 Å². The highest BCUT2D eigenvalue weighted by atomic mass is 19.4. The number of alkyl halides is 3. The number of rotatable bonds is 4. The Morgan fingerprint density at radius 1 is 1.32 bits per heavy atom. The predicted octanol–water partition coefficient (Wildman–Crippen LogP) is 3.38. The highest BCUT2D eigenvalue weighted by Gasteiger charge is 2.35. The number of nitrogens with zero attached hydrogens (tertiary/aromatic N) is 4.